The lowest BCUT2D eigenvalue weighted by Crippen LogP contribution is -2.44. The second-order valence-electron chi connectivity index (χ2n) is 9.63. The number of rotatable bonds is 6. The first-order valence-electron chi connectivity index (χ1n) is 12.3. The third-order valence-corrected chi connectivity index (χ3v) is 7.69. The molecular formula is C28H20N4O8. The van der Waals surface area contributed by atoms with Crippen LogP contribution in [-0.2, 0) is 9.59 Å². The molecule has 0 aromatic heterocycles. The number of benzene rings is 3. The van der Waals surface area contributed by atoms with Crippen LogP contribution in [0.5, 0.6) is 5.75 Å². The zero-order chi connectivity index (χ0) is 28.3. The number of carbonyl (C=O) groups is 3. The maximum atomic E-state index is 14.1. The summed E-state index contributed by atoms with van der Waals surface area (Å²) in [6, 6.07) is 14.3. The van der Waals surface area contributed by atoms with Crippen molar-refractivity contribution in [3.8, 4) is 5.75 Å². The van der Waals surface area contributed by atoms with Gasteiger partial charge in [0.2, 0.25) is 11.8 Å². The van der Waals surface area contributed by atoms with Crippen LogP contribution in [0.15, 0.2) is 72.9 Å². The predicted octanol–water partition coefficient (Wildman–Crippen LogP) is 3.91. The Balaban J connectivity index is 1.51. The molecule has 0 unspecified atom stereocenters. The number of amides is 2. The molecule has 3 aromatic rings. The number of hydrogen-bond donors (Lipinski definition) is 0. The Morgan fingerprint density at radius 3 is 2.30 bits per heavy atom. The van der Waals surface area contributed by atoms with Crippen LogP contribution in [0.3, 0.4) is 0 Å². The molecule has 3 aliphatic heterocycles. The van der Waals surface area contributed by atoms with Crippen molar-refractivity contribution in [2.24, 2.45) is 11.8 Å². The Labute approximate surface area is 226 Å². The van der Waals surface area contributed by atoms with E-state index >= 15 is 0 Å². The molecule has 0 saturated carbocycles. The molecule has 0 spiro atoms. The molecule has 12 nitrogen and oxygen atoms in total. The number of imide groups is 1. The molecule has 4 atom stereocenters. The fourth-order valence-corrected chi connectivity index (χ4v) is 6.00. The first-order chi connectivity index (χ1) is 19.2. The van der Waals surface area contributed by atoms with Gasteiger partial charge in [0.15, 0.2) is 5.78 Å². The molecule has 0 aliphatic carbocycles. The number of methoxy groups -OCH3 is 1. The normalized spacial score (nSPS) is 22.5. The number of fused-ring (bicyclic) bond motifs is 5. The molecule has 12 heteroatoms. The summed E-state index contributed by atoms with van der Waals surface area (Å²) < 4.78 is 5.33. The van der Waals surface area contributed by atoms with E-state index in [1.54, 1.807) is 23.2 Å². The fourth-order valence-electron chi connectivity index (χ4n) is 6.00. The fraction of sp³-hybridized carbons (Fsp3) is 0.179. The van der Waals surface area contributed by atoms with E-state index in [4.69, 9.17) is 4.74 Å². The summed E-state index contributed by atoms with van der Waals surface area (Å²) in [6.07, 6.45) is 3.46. The summed E-state index contributed by atoms with van der Waals surface area (Å²) in [5, 5.41) is 22.9. The van der Waals surface area contributed by atoms with E-state index in [0.29, 0.717) is 0 Å². The third-order valence-electron chi connectivity index (χ3n) is 7.69. The lowest BCUT2D eigenvalue weighted by Gasteiger charge is -2.35. The zero-order valence-electron chi connectivity index (χ0n) is 20.9. The minimum Gasteiger partial charge on any atom is -0.495 e. The second-order valence-corrected chi connectivity index (χ2v) is 9.63. The van der Waals surface area contributed by atoms with E-state index < -0.39 is 51.4 Å². The Morgan fingerprint density at radius 1 is 0.875 bits per heavy atom. The van der Waals surface area contributed by atoms with E-state index in [9.17, 15) is 34.6 Å². The van der Waals surface area contributed by atoms with E-state index in [1.807, 2.05) is 18.2 Å². The number of anilines is 1. The minimum atomic E-state index is -1.16. The third kappa shape index (κ3) is 3.56. The molecule has 200 valence electrons. The maximum Gasteiger partial charge on any atom is 0.271 e. The maximum absolute atomic E-state index is 14.1. The predicted molar refractivity (Wildman–Crippen MR) is 140 cm³/mol. The van der Waals surface area contributed by atoms with Gasteiger partial charge in [0.25, 0.3) is 11.4 Å². The number of ether oxygens (including phenoxy) is 1. The molecular weight excluding hydrogens is 520 g/mol. The van der Waals surface area contributed by atoms with Crippen LogP contribution >= 0.6 is 0 Å². The van der Waals surface area contributed by atoms with Crippen molar-refractivity contribution in [1.82, 2.24) is 4.90 Å². The number of non-ortho nitro benzene ring substituents is 2. The Hall–Kier alpha value is -5.39. The zero-order valence-corrected chi connectivity index (χ0v) is 20.9. The molecule has 0 bridgehead atoms. The lowest BCUT2D eigenvalue weighted by molar-refractivity contribution is -0.385. The summed E-state index contributed by atoms with van der Waals surface area (Å²) in [5.41, 5.74) is 0.866. The van der Waals surface area contributed by atoms with Crippen molar-refractivity contribution in [2.45, 2.75) is 12.1 Å². The summed E-state index contributed by atoms with van der Waals surface area (Å²) in [4.78, 5) is 66.3. The number of ketones is 1. The van der Waals surface area contributed by atoms with Gasteiger partial charge in [-0.1, -0.05) is 36.4 Å². The van der Waals surface area contributed by atoms with Crippen molar-refractivity contribution in [2.75, 3.05) is 12.0 Å². The molecule has 3 heterocycles. The number of nitro benzene ring substituents is 2. The average Bonchev–Trinajstić information content (AvgIpc) is 3.44. The first-order valence-corrected chi connectivity index (χ1v) is 12.3. The van der Waals surface area contributed by atoms with Gasteiger partial charge in [0.05, 0.1) is 34.8 Å². The highest BCUT2D eigenvalue weighted by atomic mass is 16.6. The van der Waals surface area contributed by atoms with Crippen LogP contribution < -0.4 is 9.64 Å². The highest BCUT2D eigenvalue weighted by Crippen LogP contribution is 2.54. The highest BCUT2D eigenvalue weighted by molar-refractivity contribution is 6.25. The lowest BCUT2D eigenvalue weighted by atomic mass is 9.83. The van der Waals surface area contributed by atoms with Crippen LogP contribution in [0.25, 0.3) is 6.08 Å². The topological polar surface area (TPSA) is 153 Å². The molecule has 2 saturated heterocycles. The number of hydrogen-bond acceptors (Lipinski definition) is 9. The molecule has 2 fully saturated rings. The van der Waals surface area contributed by atoms with Crippen LogP contribution in [-0.4, -0.2) is 45.5 Å². The first kappa shape index (κ1) is 24.9. The van der Waals surface area contributed by atoms with Gasteiger partial charge in [0, 0.05) is 36.0 Å². The van der Waals surface area contributed by atoms with Crippen LogP contribution in [0.2, 0.25) is 0 Å². The number of nitrogens with zero attached hydrogens (tertiary/aromatic N) is 4. The van der Waals surface area contributed by atoms with Crippen molar-refractivity contribution in [3.05, 3.63) is 110 Å². The monoisotopic (exact) mass is 540 g/mol. The minimum absolute atomic E-state index is 0.0255. The van der Waals surface area contributed by atoms with Gasteiger partial charge in [0.1, 0.15) is 17.5 Å². The van der Waals surface area contributed by atoms with Crippen molar-refractivity contribution < 1.29 is 29.0 Å². The van der Waals surface area contributed by atoms with E-state index in [2.05, 4.69) is 0 Å². The Bertz CT molecular complexity index is 1670. The SMILES string of the molecule is COc1ccc([N+](=O)[O-])cc1N1C(=O)[C@@H]2[C@@H](C1=O)[C@H]1c3ccccc3C=CN1[C@@H]2C(=O)c1cccc([N+](=O)[O-])c1. The van der Waals surface area contributed by atoms with Gasteiger partial charge in [-0.2, -0.15) is 0 Å². The van der Waals surface area contributed by atoms with Gasteiger partial charge in [-0.05, 0) is 23.3 Å². The molecule has 6 rings (SSSR count). The van der Waals surface area contributed by atoms with E-state index in [0.717, 1.165) is 28.2 Å². The quantitative estimate of drug-likeness (QED) is 0.196. The molecule has 0 N–H and O–H groups in total. The summed E-state index contributed by atoms with van der Waals surface area (Å²) >= 11 is 0. The second kappa shape index (κ2) is 9.12. The standard InChI is InChI=1S/C28H20N4O8/c1-40-21-10-9-18(32(38)39)14-20(21)30-27(34)22-23(28(30)35)25(26(33)16-6-4-7-17(13-16)31(36)37)29-12-11-15-5-2-3-8-19(15)24(22)29/h2-14,22-25H,1H3/t22-,23-,24-,25+/m1/s1. The summed E-state index contributed by atoms with van der Waals surface area (Å²) in [6.45, 7) is 0. The number of nitro groups is 2. The van der Waals surface area contributed by atoms with Crippen molar-refractivity contribution in [3.63, 3.8) is 0 Å². The largest absolute Gasteiger partial charge is 0.495 e. The molecule has 40 heavy (non-hydrogen) atoms. The molecule has 0 radical (unpaired) electrons. The highest BCUT2D eigenvalue weighted by Gasteiger charge is 2.65. The van der Waals surface area contributed by atoms with Crippen LogP contribution in [0.1, 0.15) is 27.5 Å². The van der Waals surface area contributed by atoms with E-state index in [1.165, 1.54) is 37.4 Å². The molecule has 3 aromatic carbocycles. The van der Waals surface area contributed by atoms with Gasteiger partial charge in [-0.15, -0.1) is 0 Å². The number of Topliss-reactive ketones (excluding diaryl/α,β-unsaturated/α-hetero) is 1. The Kier molecular flexibility index (Phi) is 5.68. The number of carbonyl (C=O) groups excluding carboxylic acids is 3. The van der Waals surface area contributed by atoms with Crippen molar-refractivity contribution in [1.29, 1.82) is 0 Å². The molecule has 2 amide bonds. The van der Waals surface area contributed by atoms with Gasteiger partial charge in [-0.25, -0.2) is 4.90 Å². The van der Waals surface area contributed by atoms with E-state index in [-0.39, 0.29) is 28.4 Å². The summed E-state index contributed by atoms with van der Waals surface area (Å²) in [5.74, 6) is -3.98. The molecule has 3 aliphatic rings. The van der Waals surface area contributed by atoms with Gasteiger partial charge in [-0.3, -0.25) is 34.6 Å². The van der Waals surface area contributed by atoms with Gasteiger partial charge >= 0.3 is 0 Å². The smallest absolute Gasteiger partial charge is 0.271 e. The van der Waals surface area contributed by atoms with Crippen LogP contribution in [0.4, 0.5) is 17.1 Å². The Morgan fingerprint density at radius 2 is 1.57 bits per heavy atom. The van der Waals surface area contributed by atoms with Crippen LogP contribution in [0, 0.1) is 32.1 Å². The summed E-state index contributed by atoms with van der Waals surface area (Å²) in [7, 11) is 1.31. The van der Waals surface area contributed by atoms with Gasteiger partial charge < -0.3 is 9.64 Å². The van der Waals surface area contributed by atoms with Crippen molar-refractivity contribution >= 4 is 40.7 Å². The average molecular weight is 540 g/mol.